The number of ketones is 1. The van der Waals surface area contributed by atoms with Gasteiger partial charge in [-0.15, -0.1) is 0 Å². The number of fused-ring (bicyclic) bond motifs is 1. The van der Waals surface area contributed by atoms with Crippen molar-refractivity contribution >= 4 is 22.8 Å². The monoisotopic (exact) mass is 295 g/mol. The molecule has 2 rings (SSSR count). The number of rotatable bonds is 8. The normalized spacial score (nSPS) is 10.8. The number of unbranched alkanes of at least 4 members (excludes halogenated alkanes) is 1. The molecule has 2 aromatic heterocycles. The second kappa shape index (κ2) is 6.84. The number of imidazole rings is 1. The van der Waals surface area contributed by atoms with Crippen molar-refractivity contribution in [3.63, 3.8) is 0 Å². The van der Waals surface area contributed by atoms with Crippen LogP contribution < -0.4 is 15.2 Å². The lowest BCUT2D eigenvalue weighted by atomic mass is 10.2. The van der Waals surface area contributed by atoms with Crippen LogP contribution in [0.3, 0.4) is 0 Å². The largest absolute Gasteiger partial charge is 0.467 e. The first-order valence-corrected chi connectivity index (χ1v) is 6.46. The number of nitrogens with one attached hydrogen (secondary N) is 1. The molecule has 0 atom stereocenters. The van der Waals surface area contributed by atoms with Crippen LogP contribution in [-0.2, 0) is 4.79 Å². The third kappa shape index (κ3) is 3.78. The van der Waals surface area contributed by atoms with Gasteiger partial charge in [0.25, 0.3) is 6.01 Å². The van der Waals surface area contributed by atoms with Crippen molar-refractivity contribution in [1.29, 1.82) is 0 Å². The van der Waals surface area contributed by atoms with E-state index in [1.807, 2.05) is 0 Å². The zero-order valence-corrected chi connectivity index (χ0v) is 11.6. The molecule has 114 valence electrons. The first-order valence-electron chi connectivity index (χ1n) is 6.46. The summed E-state index contributed by atoms with van der Waals surface area (Å²) in [6, 6.07) is 0.424. The number of aliphatic hydroxyl groups excluding tert-OH is 1. The minimum absolute atomic E-state index is 0.139. The van der Waals surface area contributed by atoms with Crippen LogP contribution in [0.5, 0.6) is 12.0 Å². The summed E-state index contributed by atoms with van der Waals surface area (Å²) >= 11 is 0. The highest BCUT2D eigenvalue weighted by Crippen LogP contribution is 2.21. The zero-order valence-electron chi connectivity index (χ0n) is 11.6. The maximum Gasteiger partial charge on any atom is 0.320 e. The number of ether oxygens (including phenoxy) is 2. The smallest absolute Gasteiger partial charge is 0.320 e. The Balaban J connectivity index is 1.91. The Labute approximate surface area is 120 Å². The molecular weight excluding hydrogens is 278 g/mol. The Morgan fingerprint density at radius 2 is 2.14 bits per heavy atom. The topological polar surface area (TPSA) is 136 Å². The van der Waals surface area contributed by atoms with Crippen molar-refractivity contribution < 1.29 is 19.4 Å². The van der Waals surface area contributed by atoms with Gasteiger partial charge in [0, 0.05) is 6.42 Å². The van der Waals surface area contributed by atoms with E-state index in [0.29, 0.717) is 37.0 Å². The van der Waals surface area contributed by atoms with Crippen LogP contribution in [0.1, 0.15) is 19.3 Å². The molecular formula is C12H17N5O4. The summed E-state index contributed by atoms with van der Waals surface area (Å²) in [4.78, 5) is 25.9. The number of carbonyl (C=O) groups is 1. The molecule has 0 radical (unpaired) electrons. The van der Waals surface area contributed by atoms with Crippen LogP contribution in [0.4, 0.5) is 5.82 Å². The van der Waals surface area contributed by atoms with Gasteiger partial charge in [0.1, 0.15) is 12.1 Å². The molecule has 0 aliphatic rings. The Bertz CT molecular complexity index is 627. The Morgan fingerprint density at radius 1 is 1.33 bits per heavy atom. The highest BCUT2D eigenvalue weighted by atomic mass is 16.5. The number of hydrogen-bond acceptors (Lipinski definition) is 8. The minimum Gasteiger partial charge on any atom is -0.467 e. The maximum atomic E-state index is 10.9. The highest BCUT2D eigenvalue weighted by molar-refractivity contribution is 5.82. The predicted molar refractivity (Wildman–Crippen MR) is 74.1 cm³/mol. The highest BCUT2D eigenvalue weighted by Gasteiger charge is 2.11. The summed E-state index contributed by atoms with van der Waals surface area (Å²) in [6.07, 6.45) is 1.66. The zero-order chi connectivity index (χ0) is 15.2. The summed E-state index contributed by atoms with van der Waals surface area (Å²) in [7, 11) is 1.44. The maximum absolute atomic E-state index is 10.9. The van der Waals surface area contributed by atoms with E-state index in [4.69, 9.17) is 20.3 Å². The van der Waals surface area contributed by atoms with Gasteiger partial charge >= 0.3 is 6.01 Å². The summed E-state index contributed by atoms with van der Waals surface area (Å²) < 4.78 is 10.3. The molecule has 0 bridgehead atoms. The molecule has 21 heavy (non-hydrogen) atoms. The molecule has 9 nitrogen and oxygen atoms in total. The molecule has 2 aromatic rings. The molecule has 0 saturated heterocycles. The van der Waals surface area contributed by atoms with Crippen molar-refractivity contribution in [1.82, 2.24) is 19.9 Å². The van der Waals surface area contributed by atoms with Crippen molar-refractivity contribution in [2.24, 2.45) is 0 Å². The number of nitrogens with two attached hydrogens (primary N) is 1. The van der Waals surface area contributed by atoms with Crippen LogP contribution >= 0.6 is 0 Å². The van der Waals surface area contributed by atoms with E-state index in [0.717, 1.165) is 0 Å². The average molecular weight is 295 g/mol. The van der Waals surface area contributed by atoms with E-state index in [-0.39, 0.29) is 23.6 Å². The second-order valence-corrected chi connectivity index (χ2v) is 4.34. The number of methoxy groups -OCH3 is 1. The lowest BCUT2D eigenvalue weighted by Crippen LogP contribution is -2.05. The lowest BCUT2D eigenvalue weighted by molar-refractivity contribution is -0.121. The van der Waals surface area contributed by atoms with E-state index in [2.05, 4.69) is 19.9 Å². The van der Waals surface area contributed by atoms with Crippen LogP contribution in [0.25, 0.3) is 11.2 Å². The summed E-state index contributed by atoms with van der Waals surface area (Å²) in [5, 5.41) is 8.59. The van der Waals surface area contributed by atoms with E-state index in [1.165, 1.54) is 7.11 Å². The van der Waals surface area contributed by atoms with Crippen molar-refractivity contribution in [3.05, 3.63) is 0 Å². The Kier molecular flexibility index (Phi) is 4.88. The molecule has 0 spiro atoms. The number of nitrogens with zero attached hydrogens (tertiary/aromatic N) is 3. The average Bonchev–Trinajstić information content (AvgIpc) is 2.89. The first-order chi connectivity index (χ1) is 10.1. The molecule has 0 aliphatic carbocycles. The standard InChI is InChI=1S/C12H17N5O4/c1-20-11-15-9(13)8-10(16-11)17-12(14-8)21-5-3-2-4-7(19)6-18/h18H,2-6H2,1H3,(H3,13,14,15,16,17). The lowest BCUT2D eigenvalue weighted by Gasteiger charge is -2.01. The van der Waals surface area contributed by atoms with Crippen molar-refractivity contribution in [2.45, 2.75) is 19.3 Å². The van der Waals surface area contributed by atoms with Crippen LogP contribution in [-0.4, -0.2) is 51.1 Å². The third-order valence-corrected chi connectivity index (χ3v) is 2.78. The van der Waals surface area contributed by atoms with E-state index in [1.54, 1.807) is 0 Å². The van der Waals surface area contributed by atoms with Gasteiger partial charge in [-0.25, -0.2) is 0 Å². The summed E-state index contributed by atoms with van der Waals surface area (Å²) in [5.74, 6) is 0.0571. The number of anilines is 1. The number of aromatic amines is 1. The number of aromatic nitrogens is 4. The van der Waals surface area contributed by atoms with Gasteiger partial charge in [-0.1, -0.05) is 0 Å². The van der Waals surface area contributed by atoms with Gasteiger partial charge in [0.15, 0.2) is 17.2 Å². The molecule has 0 fully saturated rings. The molecule has 0 aliphatic heterocycles. The second-order valence-electron chi connectivity index (χ2n) is 4.34. The fraction of sp³-hybridized carbons (Fsp3) is 0.500. The quantitative estimate of drug-likeness (QED) is 0.581. The Hall–Kier alpha value is -2.42. The number of aliphatic hydroxyl groups is 1. The number of H-pyrrole nitrogens is 1. The minimum atomic E-state index is -0.412. The van der Waals surface area contributed by atoms with Crippen molar-refractivity contribution in [2.75, 3.05) is 26.1 Å². The molecule has 2 heterocycles. The number of carbonyl (C=O) groups excluding carboxylic acids is 1. The van der Waals surface area contributed by atoms with Gasteiger partial charge in [0.05, 0.1) is 13.7 Å². The fourth-order valence-electron chi connectivity index (χ4n) is 1.71. The first kappa shape index (κ1) is 15.0. The summed E-state index contributed by atoms with van der Waals surface area (Å²) in [6.45, 7) is -0.0206. The molecule has 9 heteroatoms. The SMILES string of the molecule is COc1nc(N)c2[nH]c(OCCCCC(=O)CO)nc2n1. The van der Waals surface area contributed by atoms with Crippen LogP contribution in [0, 0.1) is 0 Å². The molecule has 4 N–H and O–H groups in total. The van der Waals surface area contributed by atoms with Crippen LogP contribution in [0.15, 0.2) is 0 Å². The van der Waals surface area contributed by atoms with Gasteiger partial charge in [-0.2, -0.15) is 15.0 Å². The van der Waals surface area contributed by atoms with E-state index in [9.17, 15) is 4.79 Å². The Morgan fingerprint density at radius 3 is 2.86 bits per heavy atom. The van der Waals surface area contributed by atoms with Gasteiger partial charge in [0.2, 0.25) is 0 Å². The molecule has 0 amide bonds. The van der Waals surface area contributed by atoms with Crippen LogP contribution in [0.2, 0.25) is 0 Å². The molecule has 0 saturated carbocycles. The molecule has 0 unspecified atom stereocenters. The fourth-order valence-corrected chi connectivity index (χ4v) is 1.71. The summed E-state index contributed by atoms with van der Waals surface area (Å²) in [5.41, 5.74) is 6.60. The van der Waals surface area contributed by atoms with Gasteiger partial charge in [-0.3, -0.25) is 4.79 Å². The predicted octanol–water partition coefficient (Wildman–Crippen LogP) is 0.0542. The third-order valence-electron chi connectivity index (χ3n) is 2.78. The van der Waals surface area contributed by atoms with E-state index < -0.39 is 6.61 Å². The van der Waals surface area contributed by atoms with Gasteiger partial charge < -0.3 is 25.3 Å². The molecule has 0 aromatic carbocycles. The van der Waals surface area contributed by atoms with E-state index >= 15 is 0 Å². The number of nitrogen functional groups attached to an aromatic ring is 1. The van der Waals surface area contributed by atoms with Crippen molar-refractivity contribution in [3.8, 4) is 12.0 Å². The number of hydrogen-bond donors (Lipinski definition) is 3. The number of Topliss-reactive ketones (excluding diaryl/α,β-unsaturated/α-hetero) is 1. The van der Waals surface area contributed by atoms with Gasteiger partial charge in [-0.05, 0) is 12.8 Å².